The van der Waals surface area contributed by atoms with E-state index in [1.807, 2.05) is 31.2 Å². The van der Waals surface area contributed by atoms with Gasteiger partial charge in [-0.15, -0.1) is 0 Å². The number of nitrogens with two attached hydrogens (primary N) is 1. The van der Waals surface area contributed by atoms with Gasteiger partial charge in [-0.3, -0.25) is 0 Å². The van der Waals surface area contributed by atoms with Gasteiger partial charge in [-0.05, 0) is 31.9 Å². The first kappa shape index (κ1) is 12.7. The normalized spacial score (nSPS) is 26.7. The molecule has 1 fully saturated rings. The molecule has 3 nitrogen and oxygen atoms in total. The van der Waals surface area contributed by atoms with E-state index in [9.17, 15) is 4.21 Å². The maximum Gasteiger partial charge on any atom is 0.125 e. The largest absolute Gasteiger partial charge is 0.326 e. The van der Waals surface area contributed by atoms with Gasteiger partial charge in [-0.2, -0.15) is 0 Å². The van der Waals surface area contributed by atoms with Gasteiger partial charge in [0.15, 0.2) is 0 Å². The van der Waals surface area contributed by atoms with Gasteiger partial charge in [-0.1, -0.05) is 30.5 Å². The van der Waals surface area contributed by atoms with Crippen LogP contribution in [0.5, 0.6) is 0 Å². The maximum atomic E-state index is 12.1. The van der Waals surface area contributed by atoms with Crippen LogP contribution in [0.4, 0.5) is 0 Å². The second kappa shape index (κ2) is 5.76. The fourth-order valence-electron chi connectivity index (χ4n) is 2.17. The molecule has 0 aromatic heterocycles. The molecule has 1 aliphatic carbocycles. The van der Waals surface area contributed by atoms with E-state index in [1.165, 1.54) is 18.4 Å². The van der Waals surface area contributed by atoms with Crippen LogP contribution < -0.4 is 10.5 Å². The highest BCUT2D eigenvalue weighted by Crippen LogP contribution is 2.18. The molecule has 0 radical (unpaired) electrons. The van der Waals surface area contributed by atoms with Crippen molar-refractivity contribution in [2.75, 3.05) is 0 Å². The Balaban J connectivity index is 1.98. The van der Waals surface area contributed by atoms with E-state index in [1.54, 1.807) is 0 Å². The predicted molar refractivity (Wildman–Crippen MR) is 71.0 cm³/mol. The maximum absolute atomic E-state index is 12.1. The van der Waals surface area contributed by atoms with E-state index in [4.69, 9.17) is 5.73 Å². The van der Waals surface area contributed by atoms with Gasteiger partial charge in [0.25, 0.3) is 0 Å². The summed E-state index contributed by atoms with van der Waals surface area (Å²) in [6.45, 7) is 2.02. The minimum absolute atomic E-state index is 0.137. The second-order valence-electron chi connectivity index (χ2n) is 4.75. The molecular formula is C13H20N2OS. The van der Waals surface area contributed by atoms with Crippen LogP contribution in [0, 0.1) is 6.92 Å². The van der Waals surface area contributed by atoms with Gasteiger partial charge in [0.2, 0.25) is 0 Å². The zero-order valence-electron chi connectivity index (χ0n) is 10.2. The minimum Gasteiger partial charge on any atom is -0.326 e. The lowest BCUT2D eigenvalue weighted by Crippen LogP contribution is -2.47. The molecule has 1 aliphatic rings. The molecule has 0 amide bonds. The van der Waals surface area contributed by atoms with Crippen LogP contribution >= 0.6 is 0 Å². The summed E-state index contributed by atoms with van der Waals surface area (Å²) in [5.41, 5.74) is 7.21. The predicted octanol–water partition coefficient (Wildman–Crippen LogP) is 1.88. The van der Waals surface area contributed by atoms with Crippen LogP contribution in [0.15, 0.2) is 29.2 Å². The quantitative estimate of drug-likeness (QED) is 0.863. The van der Waals surface area contributed by atoms with Crippen molar-refractivity contribution in [3.8, 4) is 0 Å². The Hall–Kier alpha value is -0.710. The van der Waals surface area contributed by atoms with Crippen LogP contribution in [0.3, 0.4) is 0 Å². The fourth-order valence-corrected chi connectivity index (χ4v) is 3.26. The zero-order valence-corrected chi connectivity index (χ0v) is 11.0. The average Bonchev–Trinajstić information content (AvgIpc) is 2.33. The highest BCUT2D eigenvalue weighted by Gasteiger charge is 2.23. The molecule has 0 spiro atoms. The summed E-state index contributed by atoms with van der Waals surface area (Å²) in [7, 11) is -1.14. The van der Waals surface area contributed by atoms with Gasteiger partial charge in [0.1, 0.15) is 11.0 Å². The van der Waals surface area contributed by atoms with Crippen molar-refractivity contribution in [1.82, 2.24) is 4.72 Å². The van der Waals surface area contributed by atoms with Gasteiger partial charge in [0.05, 0.1) is 4.90 Å². The van der Waals surface area contributed by atoms with Crippen LogP contribution in [0.1, 0.15) is 31.2 Å². The van der Waals surface area contributed by atoms with E-state index >= 15 is 0 Å². The minimum atomic E-state index is -1.14. The summed E-state index contributed by atoms with van der Waals surface area (Å²) >= 11 is 0. The van der Waals surface area contributed by atoms with Crippen molar-refractivity contribution in [3.63, 3.8) is 0 Å². The highest BCUT2D eigenvalue weighted by molar-refractivity contribution is 7.83. The molecule has 1 aromatic rings. The average molecular weight is 252 g/mol. The third-order valence-electron chi connectivity index (χ3n) is 3.31. The Morgan fingerprint density at radius 2 is 1.88 bits per heavy atom. The molecule has 0 heterocycles. The molecule has 4 heteroatoms. The molecule has 1 saturated carbocycles. The van der Waals surface area contributed by atoms with Crippen LogP contribution in [0.25, 0.3) is 0 Å². The Labute approximate surface area is 105 Å². The van der Waals surface area contributed by atoms with E-state index in [2.05, 4.69) is 4.72 Å². The molecule has 0 saturated heterocycles. The first-order valence-electron chi connectivity index (χ1n) is 6.17. The zero-order chi connectivity index (χ0) is 12.3. The Morgan fingerprint density at radius 1 is 1.24 bits per heavy atom. The SMILES string of the molecule is Cc1ccc(S(=O)N[C@H]2CCCC[C@@H]2N)cc1. The first-order valence-corrected chi connectivity index (χ1v) is 7.32. The summed E-state index contributed by atoms with van der Waals surface area (Å²) in [6.07, 6.45) is 4.43. The monoisotopic (exact) mass is 252 g/mol. The molecule has 2 rings (SSSR count). The second-order valence-corrected chi connectivity index (χ2v) is 6.00. The lowest BCUT2D eigenvalue weighted by molar-refractivity contribution is 0.365. The molecule has 3 atom stereocenters. The van der Waals surface area contributed by atoms with Crippen molar-refractivity contribution < 1.29 is 4.21 Å². The summed E-state index contributed by atoms with van der Waals surface area (Å²) in [5, 5.41) is 0. The number of rotatable bonds is 3. The summed E-state index contributed by atoms with van der Waals surface area (Å²) < 4.78 is 15.3. The van der Waals surface area contributed by atoms with Gasteiger partial charge in [0, 0.05) is 12.1 Å². The van der Waals surface area contributed by atoms with Crippen molar-refractivity contribution in [1.29, 1.82) is 0 Å². The Bertz CT molecular complexity index is 391. The van der Waals surface area contributed by atoms with Crippen LogP contribution in [-0.4, -0.2) is 16.3 Å². The number of aryl methyl sites for hydroxylation is 1. The number of hydrogen-bond acceptors (Lipinski definition) is 2. The van der Waals surface area contributed by atoms with E-state index in [0.29, 0.717) is 0 Å². The van der Waals surface area contributed by atoms with Gasteiger partial charge in [-0.25, -0.2) is 8.93 Å². The fraction of sp³-hybridized carbons (Fsp3) is 0.538. The van der Waals surface area contributed by atoms with Crippen molar-refractivity contribution in [2.45, 2.75) is 49.6 Å². The smallest absolute Gasteiger partial charge is 0.125 e. The van der Waals surface area contributed by atoms with Gasteiger partial charge < -0.3 is 5.73 Å². The molecule has 17 heavy (non-hydrogen) atoms. The standard InChI is InChI=1S/C13H20N2OS/c1-10-6-8-11(9-7-10)17(16)15-13-5-3-2-4-12(13)14/h6-9,12-13,15H,2-5,14H2,1H3/t12-,13-,17?/m0/s1. The molecule has 0 aliphatic heterocycles. The lowest BCUT2D eigenvalue weighted by Gasteiger charge is -2.28. The van der Waals surface area contributed by atoms with Crippen molar-refractivity contribution >= 4 is 11.0 Å². The third-order valence-corrected chi connectivity index (χ3v) is 4.53. The van der Waals surface area contributed by atoms with Crippen LogP contribution in [0.2, 0.25) is 0 Å². The Morgan fingerprint density at radius 3 is 2.53 bits per heavy atom. The summed E-state index contributed by atoms with van der Waals surface area (Å²) in [5.74, 6) is 0. The third kappa shape index (κ3) is 3.37. The number of benzene rings is 1. The number of hydrogen-bond donors (Lipinski definition) is 2. The van der Waals surface area contributed by atoms with Crippen molar-refractivity contribution in [2.24, 2.45) is 5.73 Å². The van der Waals surface area contributed by atoms with Gasteiger partial charge >= 0.3 is 0 Å². The molecule has 94 valence electrons. The van der Waals surface area contributed by atoms with E-state index in [0.717, 1.165) is 17.7 Å². The molecule has 1 unspecified atom stereocenters. The molecule has 0 bridgehead atoms. The molecule has 3 N–H and O–H groups in total. The summed E-state index contributed by atoms with van der Waals surface area (Å²) in [6, 6.07) is 8.11. The van der Waals surface area contributed by atoms with Crippen molar-refractivity contribution in [3.05, 3.63) is 29.8 Å². The Kier molecular flexibility index (Phi) is 4.31. The molecular weight excluding hydrogens is 232 g/mol. The lowest BCUT2D eigenvalue weighted by atomic mass is 9.92. The first-order chi connectivity index (χ1) is 8.16. The van der Waals surface area contributed by atoms with Crippen LogP contribution in [-0.2, 0) is 11.0 Å². The molecule has 1 aromatic carbocycles. The van der Waals surface area contributed by atoms with E-state index in [-0.39, 0.29) is 12.1 Å². The summed E-state index contributed by atoms with van der Waals surface area (Å²) in [4.78, 5) is 0.827. The van der Waals surface area contributed by atoms with E-state index < -0.39 is 11.0 Å². The topological polar surface area (TPSA) is 55.1 Å². The number of nitrogens with one attached hydrogen (secondary N) is 1. The highest BCUT2D eigenvalue weighted by atomic mass is 32.2.